The van der Waals surface area contributed by atoms with Crippen LogP contribution in [0.1, 0.15) is 100 Å². The van der Waals surface area contributed by atoms with Crippen LogP contribution in [0.5, 0.6) is 0 Å². The number of aliphatic hydroxyl groups excluding tert-OH is 2. The van der Waals surface area contributed by atoms with Gasteiger partial charge in [0.1, 0.15) is 18.3 Å². The third-order valence-corrected chi connectivity index (χ3v) is 12.4. The Morgan fingerprint density at radius 2 is 1.71 bits per heavy atom. The Labute approximate surface area is 246 Å². The summed E-state index contributed by atoms with van der Waals surface area (Å²) in [6.07, 6.45) is 1.46. The maximum atomic E-state index is 12.5. The van der Waals surface area contributed by atoms with Crippen molar-refractivity contribution >= 4 is 16.4 Å². The first-order valence-electron chi connectivity index (χ1n) is 15.4. The monoisotopic (exact) mass is 596 g/mol. The van der Waals surface area contributed by atoms with Crippen molar-refractivity contribution < 1.29 is 36.9 Å². The normalized spacial score (nSPS) is 40.9. The molecule has 0 aliphatic heterocycles. The van der Waals surface area contributed by atoms with E-state index < -0.39 is 57.0 Å². The number of hydrogen-bond acceptors (Lipinski definition) is 7. The minimum atomic E-state index is -4.78. The van der Waals surface area contributed by atoms with Crippen LogP contribution in [-0.2, 0) is 24.1 Å². The fourth-order valence-corrected chi connectivity index (χ4v) is 10.7. The molecular formula is C32H52O8S. The van der Waals surface area contributed by atoms with E-state index in [9.17, 15) is 28.0 Å². The van der Waals surface area contributed by atoms with Gasteiger partial charge in [-0.15, -0.1) is 0 Å². The van der Waals surface area contributed by atoms with Crippen LogP contribution < -0.4 is 0 Å². The van der Waals surface area contributed by atoms with Crippen LogP contribution in [0.15, 0.2) is 23.3 Å². The number of esters is 1. The van der Waals surface area contributed by atoms with Gasteiger partial charge in [0.2, 0.25) is 0 Å². The van der Waals surface area contributed by atoms with E-state index in [-0.39, 0.29) is 24.2 Å². The van der Waals surface area contributed by atoms with Gasteiger partial charge in [0.25, 0.3) is 0 Å². The summed E-state index contributed by atoms with van der Waals surface area (Å²) >= 11 is 0. The molecule has 0 bridgehead atoms. The van der Waals surface area contributed by atoms with Gasteiger partial charge in [0, 0.05) is 12.3 Å². The number of aliphatic hydroxyl groups is 2. The lowest BCUT2D eigenvalue weighted by atomic mass is 9.44. The molecule has 4 aliphatic carbocycles. The number of ether oxygens (including phenoxy) is 1. The zero-order valence-corrected chi connectivity index (χ0v) is 27.0. The second-order valence-corrected chi connectivity index (χ2v) is 15.9. The quantitative estimate of drug-likeness (QED) is 0.186. The molecule has 0 radical (unpaired) electrons. The Morgan fingerprint density at radius 3 is 2.27 bits per heavy atom. The Morgan fingerprint density at radius 1 is 1.07 bits per heavy atom. The lowest BCUT2D eigenvalue weighted by molar-refractivity contribution is -0.183. The highest BCUT2D eigenvalue weighted by atomic mass is 32.3. The van der Waals surface area contributed by atoms with E-state index in [0.717, 1.165) is 44.1 Å². The molecule has 0 amide bonds. The van der Waals surface area contributed by atoms with Crippen molar-refractivity contribution in [1.29, 1.82) is 0 Å². The molecule has 0 aromatic carbocycles. The minimum absolute atomic E-state index is 0.135. The summed E-state index contributed by atoms with van der Waals surface area (Å²) in [5.41, 5.74) is 1.37. The Bertz CT molecular complexity index is 1190. The van der Waals surface area contributed by atoms with Gasteiger partial charge in [-0.1, -0.05) is 66.2 Å². The van der Waals surface area contributed by atoms with Crippen molar-refractivity contribution in [3.05, 3.63) is 23.3 Å². The summed E-state index contributed by atoms with van der Waals surface area (Å²) in [6.45, 7) is 20.2. The number of fused-ring (bicyclic) bond motifs is 4. The maximum Gasteiger partial charge on any atom is 0.397 e. The molecule has 4 rings (SSSR count). The van der Waals surface area contributed by atoms with E-state index in [1.807, 2.05) is 20.8 Å². The highest BCUT2D eigenvalue weighted by Crippen LogP contribution is 2.68. The van der Waals surface area contributed by atoms with E-state index in [2.05, 4.69) is 34.3 Å². The van der Waals surface area contributed by atoms with Gasteiger partial charge in [-0.2, -0.15) is 8.42 Å². The molecule has 10 atom stereocenters. The number of allylic oxidation sites excluding steroid dienone is 2. The SMILES string of the molecule is C=C(CCC(C)[C@H]1CCC2C3=C([C@@H](O)[C@H](OC(C)=O)[C@@]21C)[C@@]1(C)C[C@@H](O)[C@H](OS(=O)(=O)O)C(C)(C)[C@@H]1CC3)C(C)C. The van der Waals surface area contributed by atoms with Crippen LogP contribution in [0.4, 0.5) is 0 Å². The number of rotatable bonds is 8. The molecule has 2 fully saturated rings. The van der Waals surface area contributed by atoms with Crippen molar-refractivity contribution in [2.45, 2.75) is 125 Å². The molecule has 0 heterocycles. The minimum Gasteiger partial charge on any atom is -0.459 e. The lowest BCUT2D eigenvalue weighted by Crippen LogP contribution is -2.64. The number of carbonyl (C=O) groups excluding carboxylic acids is 1. The van der Waals surface area contributed by atoms with Crippen molar-refractivity contribution in [3.8, 4) is 0 Å². The van der Waals surface area contributed by atoms with E-state index in [4.69, 9.17) is 8.92 Å². The van der Waals surface area contributed by atoms with Crippen LogP contribution in [-0.4, -0.2) is 53.6 Å². The summed E-state index contributed by atoms with van der Waals surface area (Å²) in [5, 5.41) is 23.5. The average molecular weight is 597 g/mol. The van der Waals surface area contributed by atoms with Gasteiger partial charge in [-0.3, -0.25) is 9.35 Å². The van der Waals surface area contributed by atoms with Gasteiger partial charge < -0.3 is 14.9 Å². The molecule has 234 valence electrons. The zero-order chi connectivity index (χ0) is 30.9. The van der Waals surface area contributed by atoms with Crippen LogP contribution in [0.25, 0.3) is 0 Å². The first kappa shape index (κ1) is 32.6. The second kappa shape index (κ2) is 11.0. The zero-order valence-electron chi connectivity index (χ0n) is 26.1. The van der Waals surface area contributed by atoms with Gasteiger partial charge in [0.15, 0.2) is 0 Å². The molecule has 8 nitrogen and oxygen atoms in total. The molecule has 9 heteroatoms. The van der Waals surface area contributed by atoms with Gasteiger partial charge in [0.05, 0.1) is 6.10 Å². The van der Waals surface area contributed by atoms with E-state index in [1.165, 1.54) is 18.1 Å². The van der Waals surface area contributed by atoms with Crippen molar-refractivity contribution in [3.63, 3.8) is 0 Å². The molecule has 0 aromatic heterocycles. The topological polar surface area (TPSA) is 130 Å². The maximum absolute atomic E-state index is 12.5. The van der Waals surface area contributed by atoms with Crippen molar-refractivity contribution in [1.82, 2.24) is 0 Å². The molecule has 4 aliphatic rings. The third-order valence-electron chi connectivity index (χ3n) is 11.9. The van der Waals surface area contributed by atoms with Gasteiger partial charge in [-0.05, 0) is 90.9 Å². The lowest BCUT2D eigenvalue weighted by Gasteiger charge is -2.63. The predicted molar refractivity (Wildman–Crippen MR) is 157 cm³/mol. The molecule has 2 unspecified atom stereocenters. The summed E-state index contributed by atoms with van der Waals surface area (Å²) in [4.78, 5) is 12.5. The van der Waals surface area contributed by atoms with Crippen LogP contribution in [0, 0.1) is 45.8 Å². The Kier molecular flexibility index (Phi) is 8.78. The largest absolute Gasteiger partial charge is 0.459 e. The predicted octanol–water partition coefficient (Wildman–Crippen LogP) is 5.65. The molecular weight excluding hydrogens is 544 g/mol. The third kappa shape index (κ3) is 5.47. The fourth-order valence-electron chi connectivity index (χ4n) is 10.0. The first-order valence-corrected chi connectivity index (χ1v) is 16.7. The highest BCUT2D eigenvalue weighted by Gasteiger charge is 2.67. The number of carbonyl (C=O) groups is 1. The summed E-state index contributed by atoms with van der Waals surface area (Å²) < 4.78 is 43.9. The van der Waals surface area contributed by atoms with Crippen molar-refractivity contribution in [2.75, 3.05) is 0 Å². The molecule has 0 aromatic rings. The molecule has 3 N–H and O–H groups in total. The van der Waals surface area contributed by atoms with Gasteiger partial charge in [-0.25, -0.2) is 4.18 Å². The molecule has 2 saturated carbocycles. The Hall–Kier alpha value is -1.26. The van der Waals surface area contributed by atoms with Crippen LogP contribution >= 0.6 is 0 Å². The van der Waals surface area contributed by atoms with E-state index >= 15 is 0 Å². The fraction of sp³-hybridized carbons (Fsp3) is 0.844. The summed E-state index contributed by atoms with van der Waals surface area (Å²) in [5.74, 6) is 0.615. The number of hydrogen-bond donors (Lipinski definition) is 3. The standard InChI is InChI=1S/C32H52O8S/c1-17(2)18(3)10-11-19(4)22-13-14-23-21-12-15-25-30(6,7)28(40-41(36,37)38)24(34)16-31(25,8)26(21)27(35)29(32(22,23)9)39-20(5)33/h17,19,22-25,27-29,34-35H,3,10-16H2,1-2,4-9H3,(H,36,37,38)/t19?,22-,23?,24-,25+,27-,28+,29+,31+,32-/m1/s1. The first-order chi connectivity index (χ1) is 18.8. The smallest absolute Gasteiger partial charge is 0.397 e. The summed E-state index contributed by atoms with van der Waals surface area (Å²) in [7, 11) is -4.78. The molecule has 41 heavy (non-hydrogen) atoms. The molecule has 0 spiro atoms. The van der Waals surface area contributed by atoms with Gasteiger partial charge >= 0.3 is 16.4 Å². The summed E-state index contributed by atoms with van der Waals surface area (Å²) in [6, 6.07) is 0. The van der Waals surface area contributed by atoms with E-state index in [0.29, 0.717) is 11.8 Å². The highest BCUT2D eigenvalue weighted by molar-refractivity contribution is 7.80. The second-order valence-electron chi connectivity index (χ2n) is 14.9. The molecule has 0 saturated heterocycles. The van der Waals surface area contributed by atoms with Crippen LogP contribution in [0.3, 0.4) is 0 Å². The average Bonchev–Trinajstić information content (AvgIpc) is 3.19. The van der Waals surface area contributed by atoms with E-state index in [1.54, 1.807) is 0 Å². The van der Waals surface area contributed by atoms with Crippen molar-refractivity contribution in [2.24, 2.45) is 45.8 Å². The Balaban J connectivity index is 1.76. The van der Waals surface area contributed by atoms with Crippen LogP contribution in [0.2, 0.25) is 0 Å².